The van der Waals surface area contributed by atoms with Gasteiger partial charge in [0.1, 0.15) is 13.2 Å². The third-order valence-electron chi connectivity index (χ3n) is 4.51. The molecule has 0 atom stereocenters. The first-order valence-corrected chi connectivity index (χ1v) is 11.6. The molecule has 166 valence electrons. The van der Waals surface area contributed by atoms with Crippen molar-refractivity contribution >= 4 is 57.5 Å². The molecule has 3 amide bonds. The fourth-order valence-electron chi connectivity index (χ4n) is 3.05. The van der Waals surface area contributed by atoms with Crippen LogP contribution < -0.4 is 9.47 Å². The van der Waals surface area contributed by atoms with Crippen molar-refractivity contribution in [3.8, 4) is 11.5 Å². The number of carbonyl (C=O) groups excluding carboxylic acids is 3. The highest BCUT2D eigenvalue weighted by atomic mass is 127. The molecule has 0 bridgehead atoms. The van der Waals surface area contributed by atoms with Gasteiger partial charge < -0.3 is 19.1 Å². The summed E-state index contributed by atoms with van der Waals surface area (Å²) in [7, 11) is 0. The second-order valence-electron chi connectivity index (χ2n) is 6.62. The first-order chi connectivity index (χ1) is 14.9. The largest absolute Gasteiger partial charge is 0.490 e. The Balaban J connectivity index is 1.78. The van der Waals surface area contributed by atoms with Gasteiger partial charge in [-0.3, -0.25) is 19.3 Å². The normalized spacial score (nSPS) is 17.9. The quantitative estimate of drug-likeness (QED) is 0.276. The lowest BCUT2D eigenvalue weighted by atomic mass is 10.2. The lowest BCUT2D eigenvalue weighted by Gasteiger charge is -2.28. The SMILES string of the molecule is C=CCOc1c(I)cc(/C=C2/SC(=O)N(CC(=O)N3CCOCC3)C2=O)cc1OCC. The molecule has 10 heteroatoms. The Morgan fingerprint density at radius 1 is 1.29 bits per heavy atom. The second kappa shape index (κ2) is 11.0. The van der Waals surface area contributed by atoms with Crippen molar-refractivity contribution in [2.45, 2.75) is 6.92 Å². The molecule has 0 radical (unpaired) electrons. The first kappa shape index (κ1) is 23.6. The highest BCUT2D eigenvalue weighted by Gasteiger charge is 2.37. The number of hydrogen-bond acceptors (Lipinski definition) is 7. The first-order valence-electron chi connectivity index (χ1n) is 9.75. The molecule has 3 rings (SSSR count). The van der Waals surface area contributed by atoms with E-state index < -0.39 is 11.1 Å². The van der Waals surface area contributed by atoms with Crippen LogP contribution in [0.15, 0.2) is 29.7 Å². The zero-order chi connectivity index (χ0) is 22.4. The van der Waals surface area contributed by atoms with E-state index in [1.54, 1.807) is 23.1 Å². The van der Waals surface area contributed by atoms with Crippen molar-refractivity contribution in [3.63, 3.8) is 0 Å². The van der Waals surface area contributed by atoms with Gasteiger partial charge in [0.05, 0.1) is 28.3 Å². The molecule has 0 N–H and O–H groups in total. The van der Waals surface area contributed by atoms with Gasteiger partial charge in [-0.2, -0.15) is 0 Å². The molecule has 8 nitrogen and oxygen atoms in total. The van der Waals surface area contributed by atoms with Crippen LogP contribution in [0, 0.1) is 3.57 Å². The zero-order valence-electron chi connectivity index (χ0n) is 17.1. The highest BCUT2D eigenvalue weighted by molar-refractivity contribution is 14.1. The molecule has 2 aliphatic rings. The molecule has 0 unspecified atom stereocenters. The van der Waals surface area contributed by atoms with E-state index in [4.69, 9.17) is 14.2 Å². The third-order valence-corrected chi connectivity index (χ3v) is 6.21. The molecule has 1 aromatic rings. The number of imide groups is 1. The van der Waals surface area contributed by atoms with Crippen molar-refractivity contribution in [1.82, 2.24) is 9.80 Å². The summed E-state index contributed by atoms with van der Waals surface area (Å²) < 4.78 is 17.4. The average molecular weight is 558 g/mol. The van der Waals surface area contributed by atoms with Gasteiger partial charge in [0.2, 0.25) is 5.91 Å². The molecular formula is C21H23IN2O6S. The monoisotopic (exact) mass is 558 g/mol. The Morgan fingerprint density at radius 2 is 2.03 bits per heavy atom. The smallest absolute Gasteiger partial charge is 0.294 e. The number of nitrogens with zero attached hydrogens (tertiary/aromatic N) is 2. The van der Waals surface area contributed by atoms with Crippen molar-refractivity contribution in [3.05, 3.63) is 38.8 Å². The summed E-state index contributed by atoms with van der Waals surface area (Å²) in [6.45, 7) is 7.88. The topological polar surface area (TPSA) is 85.4 Å². The molecule has 1 aromatic carbocycles. The Hall–Kier alpha value is -2.05. The van der Waals surface area contributed by atoms with E-state index >= 15 is 0 Å². The summed E-state index contributed by atoms with van der Waals surface area (Å²) in [6, 6.07) is 3.60. The molecule has 2 fully saturated rings. The van der Waals surface area contributed by atoms with Crippen molar-refractivity contribution < 1.29 is 28.6 Å². The van der Waals surface area contributed by atoms with Crippen LogP contribution in [0.4, 0.5) is 4.79 Å². The number of hydrogen-bond donors (Lipinski definition) is 0. The van der Waals surface area contributed by atoms with E-state index in [1.165, 1.54) is 0 Å². The molecule has 2 aliphatic heterocycles. The predicted molar refractivity (Wildman–Crippen MR) is 126 cm³/mol. The molecule has 2 saturated heterocycles. The molecule has 0 spiro atoms. The summed E-state index contributed by atoms with van der Waals surface area (Å²) in [6.07, 6.45) is 3.28. The van der Waals surface area contributed by atoms with Crippen LogP contribution in [-0.2, 0) is 14.3 Å². The standard InChI is InChI=1S/C21H23IN2O6S/c1-3-7-30-19-15(22)10-14(11-16(19)29-4-2)12-17-20(26)24(21(27)31-17)13-18(25)23-5-8-28-9-6-23/h3,10-12H,1,4-9,13H2,2H3/b17-12+. The molecule has 0 saturated carbocycles. The van der Waals surface area contributed by atoms with Crippen LogP contribution in [0.2, 0.25) is 0 Å². The Morgan fingerprint density at radius 3 is 2.71 bits per heavy atom. The van der Waals surface area contributed by atoms with E-state index in [1.807, 2.05) is 13.0 Å². The highest BCUT2D eigenvalue weighted by Crippen LogP contribution is 2.37. The third kappa shape index (κ3) is 5.80. The van der Waals surface area contributed by atoms with Gasteiger partial charge in [-0.15, -0.1) is 0 Å². The summed E-state index contributed by atoms with van der Waals surface area (Å²) in [5.41, 5.74) is 0.698. The van der Waals surface area contributed by atoms with Gasteiger partial charge in [-0.1, -0.05) is 12.7 Å². The number of morpholine rings is 1. The van der Waals surface area contributed by atoms with Crippen LogP contribution in [-0.4, -0.2) is 72.9 Å². The van der Waals surface area contributed by atoms with Gasteiger partial charge in [0.25, 0.3) is 11.1 Å². The summed E-state index contributed by atoms with van der Waals surface area (Å²) >= 11 is 2.96. The van der Waals surface area contributed by atoms with Gasteiger partial charge >= 0.3 is 0 Å². The second-order valence-corrected chi connectivity index (χ2v) is 8.78. The molecule has 0 aromatic heterocycles. The van der Waals surface area contributed by atoms with Gasteiger partial charge in [0.15, 0.2) is 11.5 Å². The lowest BCUT2D eigenvalue weighted by Crippen LogP contribution is -2.46. The maximum absolute atomic E-state index is 12.8. The van der Waals surface area contributed by atoms with E-state index in [2.05, 4.69) is 29.2 Å². The maximum Gasteiger partial charge on any atom is 0.294 e. The minimum Gasteiger partial charge on any atom is -0.490 e. The Kier molecular flexibility index (Phi) is 8.38. The van der Waals surface area contributed by atoms with Crippen molar-refractivity contribution in [2.75, 3.05) is 46.1 Å². The number of benzene rings is 1. The van der Waals surface area contributed by atoms with E-state index in [0.29, 0.717) is 56.6 Å². The number of halogens is 1. The predicted octanol–water partition coefficient (Wildman–Crippen LogP) is 3.15. The minimum atomic E-state index is -0.475. The fourth-order valence-corrected chi connectivity index (χ4v) is 4.67. The van der Waals surface area contributed by atoms with E-state index in [0.717, 1.165) is 20.2 Å². The summed E-state index contributed by atoms with van der Waals surface area (Å²) in [4.78, 5) is 40.5. The summed E-state index contributed by atoms with van der Waals surface area (Å²) in [5.74, 6) is 0.410. The van der Waals surface area contributed by atoms with E-state index in [9.17, 15) is 14.4 Å². The molecule has 0 aliphatic carbocycles. The van der Waals surface area contributed by atoms with Crippen molar-refractivity contribution in [2.24, 2.45) is 0 Å². The number of amides is 3. The number of rotatable bonds is 8. The molecule has 31 heavy (non-hydrogen) atoms. The van der Waals surface area contributed by atoms with Gasteiger partial charge in [0, 0.05) is 13.1 Å². The van der Waals surface area contributed by atoms with Gasteiger partial charge in [-0.05, 0) is 65.0 Å². The van der Waals surface area contributed by atoms with Crippen LogP contribution in [0.25, 0.3) is 6.08 Å². The minimum absolute atomic E-state index is 0.260. The summed E-state index contributed by atoms with van der Waals surface area (Å²) in [5, 5.41) is -0.455. The maximum atomic E-state index is 12.8. The van der Waals surface area contributed by atoms with Crippen molar-refractivity contribution in [1.29, 1.82) is 0 Å². The Bertz CT molecular complexity index is 913. The zero-order valence-corrected chi connectivity index (χ0v) is 20.1. The lowest BCUT2D eigenvalue weighted by molar-refractivity contribution is -0.139. The number of thioether (sulfide) groups is 1. The van der Waals surface area contributed by atoms with Crippen LogP contribution in [0.1, 0.15) is 12.5 Å². The molecule has 2 heterocycles. The number of carbonyl (C=O) groups is 3. The molecular weight excluding hydrogens is 535 g/mol. The number of ether oxygens (including phenoxy) is 3. The van der Waals surface area contributed by atoms with Crippen LogP contribution in [0.3, 0.4) is 0 Å². The fraction of sp³-hybridized carbons (Fsp3) is 0.381. The van der Waals surface area contributed by atoms with Gasteiger partial charge in [-0.25, -0.2) is 0 Å². The van der Waals surface area contributed by atoms with Crippen LogP contribution in [0.5, 0.6) is 11.5 Å². The van der Waals surface area contributed by atoms with Crippen LogP contribution >= 0.6 is 34.4 Å². The average Bonchev–Trinajstić information content (AvgIpc) is 3.01. The Labute approximate surface area is 198 Å². The van der Waals surface area contributed by atoms with E-state index in [-0.39, 0.29) is 17.4 Å².